The van der Waals surface area contributed by atoms with Crippen molar-refractivity contribution in [3.05, 3.63) is 34.9 Å². The van der Waals surface area contributed by atoms with Gasteiger partial charge in [0.15, 0.2) is 0 Å². The number of hydrogen-bond donors (Lipinski definition) is 2. The first kappa shape index (κ1) is 15.2. The molecule has 1 unspecified atom stereocenters. The molecular formula is C15H25NO2. The van der Waals surface area contributed by atoms with Gasteiger partial charge in [-0.2, -0.15) is 0 Å². The van der Waals surface area contributed by atoms with Gasteiger partial charge in [0.05, 0.1) is 12.2 Å². The minimum absolute atomic E-state index is 0.574. The maximum atomic E-state index is 10.4. The van der Waals surface area contributed by atoms with Crippen LogP contribution in [0.5, 0.6) is 0 Å². The fourth-order valence-electron chi connectivity index (χ4n) is 2.10. The molecule has 18 heavy (non-hydrogen) atoms. The third-order valence-corrected chi connectivity index (χ3v) is 3.19. The first-order chi connectivity index (χ1) is 8.46. The average molecular weight is 251 g/mol. The molecule has 1 aromatic carbocycles. The number of hydrogen-bond acceptors (Lipinski definition) is 3. The summed E-state index contributed by atoms with van der Waals surface area (Å²) >= 11 is 0. The third kappa shape index (κ3) is 4.77. The molecule has 1 aromatic rings. The van der Waals surface area contributed by atoms with E-state index in [0.717, 1.165) is 6.54 Å². The van der Waals surface area contributed by atoms with Gasteiger partial charge in [-0.3, -0.25) is 0 Å². The maximum absolute atomic E-state index is 10.4. The summed E-state index contributed by atoms with van der Waals surface area (Å²) in [6, 6.07) is 6.24. The van der Waals surface area contributed by atoms with Crippen molar-refractivity contribution in [1.29, 1.82) is 0 Å². The van der Waals surface area contributed by atoms with Crippen molar-refractivity contribution in [3.63, 3.8) is 0 Å². The first-order valence-electron chi connectivity index (χ1n) is 6.43. The first-order valence-corrected chi connectivity index (χ1v) is 6.43. The lowest BCUT2D eigenvalue weighted by molar-refractivity contribution is 0.0578. The topological polar surface area (TPSA) is 41.5 Å². The number of methoxy groups -OCH3 is 1. The van der Waals surface area contributed by atoms with Crippen LogP contribution in [0.15, 0.2) is 18.2 Å². The zero-order valence-corrected chi connectivity index (χ0v) is 11.9. The summed E-state index contributed by atoms with van der Waals surface area (Å²) in [5.41, 5.74) is 3.00. The van der Waals surface area contributed by atoms with Gasteiger partial charge in [-0.15, -0.1) is 0 Å². The van der Waals surface area contributed by atoms with E-state index in [-0.39, 0.29) is 0 Å². The van der Waals surface area contributed by atoms with E-state index in [1.54, 1.807) is 7.11 Å². The Labute approximate surface area is 110 Å². The van der Waals surface area contributed by atoms with Crippen LogP contribution in [-0.2, 0) is 11.2 Å². The fraction of sp³-hybridized carbons (Fsp3) is 0.600. The molecule has 0 aromatic heterocycles. The van der Waals surface area contributed by atoms with Gasteiger partial charge < -0.3 is 15.2 Å². The van der Waals surface area contributed by atoms with Gasteiger partial charge in [0, 0.05) is 26.6 Å². The summed E-state index contributed by atoms with van der Waals surface area (Å²) in [5, 5.41) is 13.6. The Balaban J connectivity index is 2.59. The van der Waals surface area contributed by atoms with Gasteiger partial charge in [-0.1, -0.05) is 18.2 Å². The highest BCUT2D eigenvalue weighted by Gasteiger charge is 2.22. The van der Waals surface area contributed by atoms with E-state index in [2.05, 4.69) is 37.4 Å². The zero-order chi connectivity index (χ0) is 13.6. The quantitative estimate of drug-likeness (QED) is 0.727. The third-order valence-electron chi connectivity index (χ3n) is 3.19. The highest BCUT2D eigenvalue weighted by atomic mass is 16.5. The van der Waals surface area contributed by atoms with E-state index in [1.165, 1.54) is 16.7 Å². The van der Waals surface area contributed by atoms with Crippen molar-refractivity contribution in [3.8, 4) is 0 Å². The minimum atomic E-state index is -0.732. The molecule has 0 aliphatic rings. The van der Waals surface area contributed by atoms with Crippen LogP contribution in [0.25, 0.3) is 0 Å². The second kappa shape index (κ2) is 6.88. The Kier molecular flexibility index (Phi) is 5.79. The molecule has 1 rings (SSSR count). The summed E-state index contributed by atoms with van der Waals surface area (Å²) in [5.74, 6) is 0. The predicted octanol–water partition coefficient (Wildman–Crippen LogP) is 1.83. The molecule has 0 saturated carbocycles. The summed E-state index contributed by atoms with van der Waals surface area (Å²) in [7, 11) is 1.68. The second-order valence-corrected chi connectivity index (χ2v) is 5.21. The number of rotatable bonds is 7. The number of ether oxygens (including phenoxy) is 1. The highest BCUT2D eigenvalue weighted by Crippen LogP contribution is 2.19. The van der Waals surface area contributed by atoms with Crippen LogP contribution in [-0.4, -0.2) is 37.5 Å². The number of benzene rings is 1. The van der Waals surface area contributed by atoms with Crippen LogP contribution in [0, 0.1) is 13.8 Å². The van der Waals surface area contributed by atoms with Crippen LogP contribution in [0.1, 0.15) is 23.6 Å². The van der Waals surface area contributed by atoms with Crippen LogP contribution in [0.4, 0.5) is 0 Å². The number of aliphatic hydroxyl groups is 1. The predicted molar refractivity (Wildman–Crippen MR) is 75.0 cm³/mol. The van der Waals surface area contributed by atoms with E-state index in [9.17, 15) is 5.11 Å². The molecule has 0 spiro atoms. The lowest BCUT2D eigenvalue weighted by atomic mass is 9.90. The van der Waals surface area contributed by atoms with E-state index in [0.29, 0.717) is 19.6 Å². The van der Waals surface area contributed by atoms with Crippen molar-refractivity contribution in [1.82, 2.24) is 5.32 Å². The molecular weight excluding hydrogens is 226 g/mol. The largest absolute Gasteiger partial charge is 0.389 e. The van der Waals surface area contributed by atoms with Crippen LogP contribution < -0.4 is 5.32 Å². The highest BCUT2D eigenvalue weighted by molar-refractivity contribution is 5.34. The molecule has 0 amide bonds. The van der Waals surface area contributed by atoms with Gasteiger partial charge in [0.2, 0.25) is 0 Å². The maximum Gasteiger partial charge on any atom is 0.0783 e. The Morgan fingerprint density at radius 1 is 1.28 bits per heavy atom. The van der Waals surface area contributed by atoms with Crippen molar-refractivity contribution < 1.29 is 9.84 Å². The monoisotopic (exact) mass is 251 g/mol. The molecule has 1 atom stereocenters. The smallest absolute Gasteiger partial charge is 0.0783 e. The summed E-state index contributed by atoms with van der Waals surface area (Å²) < 4.78 is 4.97. The minimum Gasteiger partial charge on any atom is -0.389 e. The standard InChI is InChI=1S/C15H25NO2/c1-12-6-5-7-13(2)14(12)10-15(3,17)11-16-8-9-18-4/h5-7,16-17H,8-11H2,1-4H3. The van der Waals surface area contributed by atoms with Crippen LogP contribution in [0.2, 0.25) is 0 Å². The Morgan fingerprint density at radius 2 is 1.89 bits per heavy atom. The molecule has 0 heterocycles. The molecule has 0 bridgehead atoms. The number of nitrogens with one attached hydrogen (secondary N) is 1. The zero-order valence-electron chi connectivity index (χ0n) is 11.9. The molecule has 0 aliphatic carbocycles. The molecule has 2 N–H and O–H groups in total. The van der Waals surface area contributed by atoms with Crippen molar-refractivity contribution in [2.75, 3.05) is 26.8 Å². The normalized spacial score (nSPS) is 14.5. The average Bonchev–Trinajstić information content (AvgIpc) is 2.30. The number of aryl methyl sites for hydroxylation is 2. The molecule has 0 saturated heterocycles. The van der Waals surface area contributed by atoms with E-state index >= 15 is 0 Å². The fourth-order valence-corrected chi connectivity index (χ4v) is 2.10. The molecule has 0 aliphatic heterocycles. The van der Waals surface area contributed by atoms with Gasteiger partial charge in [0.1, 0.15) is 0 Å². The molecule has 3 nitrogen and oxygen atoms in total. The van der Waals surface area contributed by atoms with E-state index in [4.69, 9.17) is 4.74 Å². The second-order valence-electron chi connectivity index (χ2n) is 5.21. The summed E-state index contributed by atoms with van der Waals surface area (Å²) in [6.07, 6.45) is 0.672. The molecule has 102 valence electrons. The molecule has 0 fully saturated rings. The SMILES string of the molecule is COCCNCC(C)(O)Cc1c(C)cccc1C. The van der Waals surface area contributed by atoms with Gasteiger partial charge in [-0.05, 0) is 37.5 Å². The van der Waals surface area contributed by atoms with E-state index < -0.39 is 5.60 Å². The Hall–Kier alpha value is -0.900. The molecule has 0 radical (unpaired) electrons. The van der Waals surface area contributed by atoms with Crippen molar-refractivity contribution in [2.45, 2.75) is 32.8 Å². The van der Waals surface area contributed by atoms with Crippen LogP contribution in [0.3, 0.4) is 0 Å². The lowest BCUT2D eigenvalue weighted by Gasteiger charge is -2.25. The summed E-state index contributed by atoms with van der Waals surface area (Å²) in [4.78, 5) is 0. The van der Waals surface area contributed by atoms with Crippen LogP contribution >= 0.6 is 0 Å². The molecule has 3 heteroatoms. The lowest BCUT2D eigenvalue weighted by Crippen LogP contribution is -2.41. The van der Waals surface area contributed by atoms with Crippen molar-refractivity contribution in [2.24, 2.45) is 0 Å². The van der Waals surface area contributed by atoms with Gasteiger partial charge in [-0.25, -0.2) is 0 Å². The van der Waals surface area contributed by atoms with Gasteiger partial charge in [0.25, 0.3) is 0 Å². The Bertz CT molecular complexity index is 355. The summed E-state index contributed by atoms with van der Waals surface area (Å²) in [6.45, 7) is 8.06. The van der Waals surface area contributed by atoms with Crippen molar-refractivity contribution >= 4 is 0 Å². The van der Waals surface area contributed by atoms with E-state index in [1.807, 2.05) is 6.92 Å². The Morgan fingerprint density at radius 3 is 2.44 bits per heavy atom. The van der Waals surface area contributed by atoms with Gasteiger partial charge >= 0.3 is 0 Å².